The van der Waals surface area contributed by atoms with Gasteiger partial charge in [0.2, 0.25) is 0 Å². The fraction of sp³-hybridized carbons (Fsp3) is 0.357. The van der Waals surface area contributed by atoms with Crippen LogP contribution in [0, 0.1) is 17.8 Å². The van der Waals surface area contributed by atoms with Crippen molar-refractivity contribution in [2.75, 3.05) is 0 Å². The number of hydrogen-bond donors (Lipinski definition) is 1. The molecule has 0 aliphatic rings. The second kappa shape index (κ2) is 4.02. The van der Waals surface area contributed by atoms with E-state index in [0.29, 0.717) is 0 Å². The predicted molar refractivity (Wildman–Crippen MR) is 67.0 cm³/mol. The third-order valence-electron chi connectivity index (χ3n) is 2.82. The van der Waals surface area contributed by atoms with Gasteiger partial charge in [-0.25, -0.2) is 4.98 Å². The number of H-pyrrole nitrogens is 1. The van der Waals surface area contributed by atoms with Crippen molar-refractivity contribution in [1.82, 2.24) is 9.97 Å². The van der Waals surface area contributed by atoms with Crippen LogP contribution in [0.5, 0.6) is 0 Å². The Balaban J connectivity index is 2.14. The predicted octanol–water partition coefficient (Wildman–Crippen LogP) is 3.15. The zero-order valence-corrected chi connectivity index (χ0v) is 9.75. The Morgan fingerprint density at radius 1 is 1.38 bits per heavy atom. The largest absolute Gasteiger partial charge is 0.342 e. The molecule has 0 unspecified atom stereocenters. The number of para-hydroxylation sites is 2. The molecule has 1 aromatic carbocycles. The summed E-state index contributed by atoms with van der Waals surface area (Å²) in [5.41, 5.74) is 2.06. The topological polar surface area (TPSA) is 28.7 Å². The molecule has 16 heavy (non-hydrogen) atoms. The molecule has 0 bridgehead atoms. The molecule has 0 spiro atoms. The molecule has 0 saturated heterocycles. The minimum atomic E-state index is -0.0566. The van der Waals surface area contributed by atoms with Crippen LogP contribution in [-0.4, -0.2) is 9.97 Å². The Morgan fingerprint density at radius 3 is 2.81 bits per heavy atom. The summed E-state index contributed by atoms with van der Waals surface area (Å²) in [7, 11) is 0. The molecule has 0 fully saturated rings. The Kier molecular flexibility index (Phi) is 2.70. The Morgan fingerprint density at radius 2 is 2.12 bits per heavy atom. The third kappa shape index (κ3) is 2.25. The molecule has 82 valence electrons. The summed E-state index contributed by atoms with van der Waals surface area (Å²) in [4.78, 5) is 7.84. The van der Waals surface area contributed by atoms with Crippen LogP contribution in [0.25, 0.3) is 11.0 Å². The highest BCUT2D eigenvalue weighted by atomic mass is 14.9. The second-order valence-corrected chi connectivity index (χ2v) is 4.73. The maximum atomic E-state index is 5.46. The fourth-order valence-corrected chi connectivity index (χ4v) is 1.63. The van der Waals surface area contributed by atoms with E-state index in [-0.39, 0.29) is 5.41 Å². The number of benzene rings is 1. The minimum absolute atomic E-state index is 0.0566. The first kappa shape index (κ1) is 10.8. The third-order valence-corrected chi connectivity index (χ3v) is 2.82. The Labute approximate surface area is 96.1 Å². The van der Waals surface area contributed by atoms with Crippen molar-refractivity contribution in [2.45, 2.75) is 26.7 Å². The molecule has 0 saturated carbocycles. The summed E-state index contributed by atoms with van der Waals surface area (Å²) >= 11 is 0. The van der Waals surface area contributed by atoms with Crippen molar-refractivity contribution in [3.05, 3.63) is 30.1 Å². The average Bonchev–Trinajstić information content (AvgIpc) is 2.69. The van der Waals surface area contributed by atoms with Gasteiger partial charge in [-0.05, 0) is 32.4 Å². The van der Waals surface area contributed by atoms with Gasteiger partial charge in [0.05, 0.1) is 11.0 Å². The van der Waals surface area contributed by atoms with Crippen molar-refractivity contribution < 1.29 is 0 Å². The van der Waals surface area contributed by atoms with Gasteiger partial charge in [0, 0.05) is 11.8 Å². The van der Waals surface area contributed by atoms with Crippen LogP contribution in [0.4, 0.5) is 0 Å². The Bertz CT molecular complexity index is 496. The SMILES string of the molecule is C#CC(C)(C)CCc1nc2ccccc2[nH]1. The number of aromatic amines is 1. The number of nitrogens with zero attached hydrogens (tertiary/aromatic N) is 1. The molecule has 0 aliphatic heterocycles. The number of rotatable bonds is 3. The van der Waals surface area contributed by atoms with E-state index in [1.165, 1.54) is 0 Å². The number of fused-ring (bicyclic) bond motifs is 1. The van der Waals surface area contributed by atoms with Crippen LogP contribution >= 0.6 is 0 Å². The summed E-state index contributed by atoms with van der Waals surface area (Å²) in [5, 5.41) is 0. The van der Waals surface area contributed by atoms with Gasteiger partial charge in [-0.15, -0.1) is 12.3 Å². The monoisotopic (exact) mass is 212 g/mol. The minimum Gasteiger partial charge on any atom is -0.342 e. The molecule has 2 aromatic rings. The highest BCUT2D eigenvalue weighted by molar-refractivity contribution is 5.74. The van der Waals surface area contributed by atoms with Crippen LogP contribution in [0.1, 0.15) is 26.1 Å². The number of nitrogens with one attached hydrogen (secondary N) is 1. The van der Waals surface area contributed by atoms with E-state index in [0.717, 1.165) is 29.7 Å². The maximum Gasteiger partial charge on any atom is 0.107 e. The molecule has 2 heteroatoms. The highest BCUT2D eigenvalue weighted by Crippen LogP contribution is 2.21. The van der Waals surface area contributed by atoms with Crippen molar-refractivity contribution in [3.8, 4) is 12.3 Å². The number of hydrogen-bond acceptors (Lipinski definition) is 1. The van der Waals surface area contributed by atoms with Gasteiger partial charge in [0.25, 0.3) is 0 Å². The summed E-state index contributed by atoms with van der Waals surface area (Å²) in [6, 6.07) is 8.06. The zero-order chi connectivity index (χ0) is 11.6. The molecule has 2 rings (SSSR count). The van der Waals surface area contributed by atoms with Gasteiger partial charge in [-0.1, -0.05) is 12.1 Å². The lowest BCUT2D eigenvalue weighted by Crippen LogP contribution is -2.09. The first-order chi connectivity index (χ1) is 7.61. The molecule has 1 aromatic heterocycles. The zero-order valence-electron chi connectivity index (χ0n) is 9.75. The van der Waals surface area contributed by atoms with Crippen molar-refractivity contribution in [2.24, 2.45) is 5.41 Å². The van der Waals surface area contributed by atoms with E-state index in [1.807, 2.05) is 24.3 Å². The summed E-state index contributed by atoms with van der Waals surface area (Å²) in [6.07, 6.45) is 7.31. The molecule has 1 N–H and O–H groups in total. The summed E-state index contributed by atoms with van der Waals surface area (Å²) in [5.74, 6) is 3.82. The van der Waals surface area contributed by atoms with Crippen LogP contribution in [0.3, 0.4) is 0 Å². The molecule has 0 amide bonds. The maximum absolute atomic E-state index is 5.46. The molecular weight excluding hydrogens is 196 g/mol. The van der Waals surface area contributed by atoms with E-state index in [9.17, 15) is 0 Å². The van der Waals surface area contributed by atoms with Gasteiger partial charge in [0.1, 0.15) is 5.82 Å². The van der Waals surface area contributed by atoms with Gasteiger partial charge in [-0.2, -0.15) is 0 Å². The lowest BCUT2D eigenvalue weighted by molar-refractivity contribution is 0.454. The van der Waals surface area contributed by atoms with Crippen LogP contribution in [-0.2, 0) is 6.42 Å². The molecule has 0 aliphatic carbocycles. The van der Waals surface area contributed by atoms with Crippen molar-refractivity contribution in [3.63, 3.8) is 0 Å². The van der Waals surface area contributed by atoms with Crippen LogP contribution < -0.4 is 0 Å². The average molecular weight is 212 g/mol. The molecule has 0 radical (unpaired) electrons. The van der Waals surface area contributed by atoms with E-state index in [2.05, 4.69) is 29.7 Å². The van der Waals surface area contributed by atoms with E-state index in [1.54, 1.807) is 0 Å². The van der Waals surface area contributed by atoms with Gasteiger partial charge < -0.3 is 4.98 Å². The number of terminal acetylenes is 1. The van der Waals surface area contributed by atoms with Gasteiger partial charge in [0.15, 0.2) is 0 Å². The standard InChI is InChI=1S/C14H16N2/c1-4-14(2,3)10-9-13-15-11-7-5-6-8-12(11)16-13/h1,5-8H,9-10H2,2-3H3,(H,15,16). The quantitative estimate of drug-likeness (QED) is 0.778. The number of aromatic nitrogens is 2. The fourth-order valence-electron chi connectivity index (χ4n) is 1.63. The lowest BCUT2D eigenvalue weighted by atomic mass is 9.89. The van der Waals surface area contributed by atoms with Crippen LogP contribution in [0.2, 0.25) is 0 Å². The molecule has 2 nitrogen and oxygen atoms in total. The molecule has 0 atom stereocenters. The normalized spacial score (nSPS) is 11.6. The summed E-state index contributed by atoms with van der Waals surface area (Å²) < 4.78 is 0. The lowest BCUT2D eigenvalue weighted by Gasteiger charge is -2.15. The van der Waals surface area contributed by atoms with Crippen LogP contribution in [0.15, 0.2) is 24.3 Å². The van der Waals surface area contributed by atoms with Gasteiger partial charge in [-0.3, -0.25) is 0 Å². The molecular formula is C14H16N2. The Hall–Kier alpha value is -1.75. The van der Waals surface area contributed by atoms with E-state index >= 15 is 0 Å². The van der Waals surface area contributed by atoms with E-state index in [4.69, 9.17) is 6.42 Å². The van der Waals surface area contributed by atoms with Crippen molar-refractivity contribution >= 4 is 11.0 Å². The first-order valence-electron chi connectivity index (χ1n) is 5.52. The highest BCUT2D eigenvalue weighted by Gasteiger charge is 2.14. The molecule has 1 heterocycles. The second-order valence-electron chi connectivity index (χ2n) is 4.73. The number of imidazole rings is 1. The smallest absolute Gasteiger partial charge is 0.107 e. The van der Waals surface area contributed by atoms with Crippen molar-refractivity contribution in [1.29, 1.82) is 0 Å². The summed E-state index contributed by atoms with van der Waals surface area (Å²) in [6.45, 7) is 4.16. The van der Waals surface area contributed by atoms with Gasteiger partial charge >= 0.3 is 0 Å². The number of aryl methyl sites for hydroxylation is 1. The first-order valence-corrected chi connectivity index (χ1v) is 5.52. The van der Waals surface area contributed by atoms with E-state index < -0.39 is 0 Å².